The van der Waals surface area contributed by atoms with Gasteiger partial charge in [-0.25, -0.2) is 9.59 Å². The van der Waals surface area contributed by atoms with E-state index in [1.165, 1.54) is 6.08 Å². The molecule has 2 rings (SSSR count). The number of furan rings is 1. The van der Waals surface area contributed by atoms with Gasteiger partial charge in [-0.05, 0) is 45.0 Å². The second kappa shape index (κ2) is 5.93. The van der Waals surface area contributed by atoms with Crippen molar-refractivity contribution in [1.29, 1.82) is 0 Å². The quantitative estimate of drug-likeness (QED) is 0.840. The number of nitrogens with one attached hydrogen (secondary N) is 1. The van der Waals surface area contributed by atoms with Gasteiger partial charge in [-0.15, -0.1) is 0 Å². The fourth-order valence-electron chi connectivity index (χ4n) is 1.84. The van der Waals surface area contributed by atoms with Crippen LogP contribution in [0.15, 0.2) is 34.8 Å². The third-order valence-corrected chi connectivity index (χ3v) is 2.61. The fraction of sp³-hybridized carbons (Fsp3) is 0.250. The molecule has 6 nitrogen and oxygen atoms in total. The number of fused-ring (bicyclic) bond motifs is 1. The summed E-state index contributed by atoms with van der Waals surface area (Å²) in [6, 6.07) is 6.82. The Bertz CT molecular complexity index is 737. The minimum absolute atomic E-state index is 0.385. The SMILES string of the molecule is CC(C)(C)OC(=O)Nc1cccc2oc(C=CC(=O)O)cc12. The van der Waals surface area contributed by atoms with E-state index < -0.39 is 17.7 Å². The van der Waals surface area contributed by atoms with Gasteiger partial charge in [0.05, 0.1) is 5.69 Å². The standard InChI is InChI=1S/C16H17NO5/c1-16(2,3)22-15(20)17-12-5-4-6-13-11(12)9-10(21-13)7-8-14(18)19/h4-9H,1-3H3,(H,17,20)(H,18,19). The van der Waals surface area contributed by atoms with Gasteiger partial charge in [-0.2, -0.15) is 0 Å². The maximum absolute atomic E-state index is 11.8. The van der Waals surface area contributed by atoms with Crippen LogP contribution in [0.4, 0.5) is 10.5 Å². The number of hydrogen-bond donors (Lipinski definition) is 2. The predicted molar refractivity (Wildman–Crippen MR) is 82.7 cm³/mol. The summed E-state index contributed by atoms with van der Waals surface area (Å²) in [7, 11) is 0. The third kappa shape index (κ3) is 4.12. The van der Waals surface area contributed by atoms with Gasteiger partial charge in [-0.3, -0.25) is 5.32 Å². The number of carboxylic acid groups (broad SMARTS) is 1. The molecule has 0 unspecified atom stereocenters. The molecule has 1 amide bonds. The van der Waals surface area contributed by atoms with E-state index in [0.29, 0.717) is 22.4 Å². The van der Waals surface area contributed by atoms with Crippen molar-refractivity contribution >= 4 is 34.8 Å². The Morgan fingerprint density at radius 3 is 2.68 bits per heavy atom. The van der Waals surface area contributed by atoms with E-state index >= 15 is 0 Å². The lowest BCUT2D eigenvalue weighted by atomic mass is 10.2. The molecule has 1 aromatic heterocycles. The summed E-state index contributed by atoms with van der Waals surface area (Å²) in [6.07, 6.45) is 1.77. The highest BCUT2D eigenvalue weighted by Crippen LogP contribution is 2.28. The molecular formula is C16H17NO5. The smallest absolute Gasteiger partial charge is 0.412 e. The summed E-state index contributed by atoms with van der Waals surface area (Å²) >= 11 is 0. The molecule has 0 saturated heterocycles. The molecule has 22 heavy (non-hydrogen) atoms. The highest BCUT2D eigenvalue weighted by Gasteiger charge is 2.17. The highest BCUT2D eigenvalue weighted by atomic mass is 16.6. The molecule has 0 aliphatic rings. The van der Waals surface area contributed by atoms with Crippen molar-refractivity contribution in [2.45, 2.75) is 26.4 Å². The zero-order chi connectivity index (χ0) is 16.3. The molecule has 0 radical (unpaired) electrons. The molecule has 0 atom stereocenters. The first-order valence-corrected chi connectivity index (χ1v) is 6.68. The number of carbonyl (C=O) groups is 2. The van der Waals surface area contributed by atoms with Crippen LogP contribution in [-0.2, 0) is 9.53 Å². The average Bonchev–Trinajstić information content (AvgIpc) is 2.78. The Morgan fingerprint density at radius 1 is 1.32 bits per heavy atom. The molecule has 0 bridgehead atoms. The Balaban J connectivity index is 2.27. The van der Waals surface area contributed by atoms with Crippen LogP contribution < -0.4 is 5.32 Å². The van der Waals surface area contributed by atoms with E-state index in [2.05, 4.69) is 5.32 Å². The second-order valence-corrected chi connectivity index (χ2v) is 5.66. The van der Waals surface area contributed by atoms with Crippen LogP contribution in [0.3, 0.4) is 0 Å². The third-order valence-electron chi connectivity index (χ3n) is 2.61. The van der Waals surface area contributed by atoms with E-state index in [-0.39, 0.29) is 0 Å². The molecule has 0 spiro atoms. The molecule has 2 N–H and O–H groups in total. The van der Waals surface area contributed by atoms with Gasteiger partial charge in [0.1, 0.15) is 16.9 Å². The fourth-order valence-corrected chi connectivity index (χ4v) is 1.84. The van der Waals surface area contributed by atoms with Crippen molar-refractivity contribution in [1.82, 2.24) is 0 Å². The first kappa shape index (κ1) is 15.6. The molecule has 0 aliphatic carbocycles. The lowest BCUT2D eigenvalue weighted by molar-refractivity contribution is -0.131. The number of anilines is 1. The minimum atomic E-state index is -1.06. The Morgan fingerprint density at radius 2 is 2.05 bits per heavy atom. The zero-order valence-corrected chi connectivity index (χ0v) is 12.5. The van der Waals surface area contributed by atoms with Gasteiger partial charge < -0.3 is 14.3 Å². The van der Waals surface area contributed by atoms with Crippen LogP contribution in [0, 0.1) is 0 Å². The van der Waals surface area contributed by atoms with Gasteiger partial charge in [0.15, 0.2) is 0 Å². The summed E-state index contributed by atoms with van der Waals surface area (Å²) in [5, 5.41) is 12.0. The van der Waals surface area contributed by atoms with Crippen molar-refractivity contribution < 1.29 is 23.8 Å². The van der Waals surface area contributed by atoms with Crippen LogP contribution in [0.5, 0.6) is 0 Å². The van der Waals surface area contributed by atoms with Crippen LogP contribution in [-0.4, -0.2) is 22.8 Å². The Labute approximate surface area is 127 Å². The Kier molecular flexibility index (Phi) is 4.21. The molecule has 1 heterocycles. The summed E-state index contributed by atoms with van der Waals surface area (Å²) in [5.74, 6) is -0.677. The van der Waals surface area contributed by atoms with Crippen molar-refractivity contribution in [3.05, 3.63) is 36.1 Å². The van der Waals surface area contributed by atoms with Gasteiger partial charge in [0, 0.05) is 11.5 Å². The van der Waals surface area contributed by atoms with Crippen molar-refractivity contribution in [3.8, 4) is 0 Å². The molecule has 0 aliphatic heterocycles. The van der Waals surface area contributed by atoms with Gasteiger partial charge in [-0.1, -0.05) is 6.07 Å². The lowest BCUT2D eigenvalue weighted by Gasteiger charge is -2.19. The average molecular weight is 303 g/mol. The molecular weight excluding hydrogens is 286 g/mol. The Hall–Kier alpha value is -2.76. The first-order chi connectivity index (χ1) is 10.2. The number of hydrogen-bond acceptors (Lipinski definition) is 4. The number of aliphatic carboxylic acids is 1. The number of benzene rings is 1. The first-order valence-electron chi connectivity index (χ1n) is 6.68. The predicted octanol–water partition coefficient (Wildman–Crippen LogP) is 3.88. The summed E-state index contributed by atoms with van der Waals surface area (Å²) in [6.45, 7) is 5.33. The van der Waals surface area contributed by atoms with E-state index in [0.717, 1.165) is 6.08 Å². The largest absolute Gasteiger partial charge is 0.478 e. The summed E-state index contributed by atoms with van der Waals surface area (Å²) in [4.78, 5) is 22.4. The van der Waals surface area contributed by atoms with Crippen LogP contribution in [0.1, 0.15) is 26.5 Å². The summed E-state index contributed by atoms with van der Waals surface area (Å²) in [5.41, 5.74) is 0.480. The van der Waals surface area contributed by atoms with Gasteiger partial charge >= 0.3 is 12.1 Å². The molecule has 1 aromatic carbocycles. The monoisotopic (exact) mass is 303 g/mol. The van der Waals surface area contributed by atoms with Crippen LogP contribution in [0.2, 0.25) is 0 Å². The van der Waals surface area contributed by atoms with E-state index in [9.17, 15) is 9.59 Å². The second-order valence-electron chi connectivity index (χ2n) is 5.66. The highest BCUT2D eigenvalue weighted by molar-refractivity contribution is 5.99. The number of amides is 1. The molecule has 0 fully saturated rings. The maximum Gasteiger partial charge on any atom is 0.412 e. The molecule has 6 heteroatoms. The van der Waals surface area contributed by atoms with Crippen LogP contribution in [0.25, 0.3) is 17.0 Å². The number of rotatable bonds is 3. The van der Waals surface area contributed by atoms with E-state index in [1.807, 2.05) is 0 Å². The summed E-state index contributed by atoms with van der Waals surface area (Å²) < 4.78 is 10.7. The molecule has 116 valence electrons. The van der Waals surface area contributed by atoms with Gasteiger partial charge in [0.25, 0.3) is 0 Å². The van der Waals surface area contributed by atoms with Crippen LogP contribution >= 0.6 is 0 Å². The van der Waals surface area contributed by atoms with Crippen molar-refractivity contribution in [2.75, 3.05) is 5.32 Å². The molecule has 0 saturated carbocycles. The number of carboxylic acids is 1. The number of carbonyl (C=O) groups excluding carboxylic acids is 1. The van der Waals surface area contributed by atoms with Crippen molar-refractivity contribution in [3.63, 3.8) is 0 Å². The lowest BCUT2D eigenvalue weighted by Crippen LogP contribution is -2.27. The van der Waals surface area contributed by atoms with E-state index in [1.54, 1.807) is 45.0 Å². The van der Waals surface area contributed by atoms with Gasteiger partial charge in [0.2, 0.25) is 0 Å². The number of ether oxygens (including phenoxy) is 1. The van der Waals surface area contributed by atoms with E-state index in [4.69, 9.17) is 14.3 Å². The topological polar surface area (TPSA) is 88.8 Å². The van der Waals surface area contributed by atoms with Crippen molar-refractivity contribution in [2.24, 2.45) is 0 Å². The zero-order valence-electron chi connectivity index (χ0n) is 12.5. The molecule has 2 aromatic rings. The minimum Gasteiger partial charge on any atom is -0.478 e. The maximum atomic E-state index is 11.8. The normalized spacial score (nSPS) is 11.8.